The molecule has 0 aliphatic rings. The van der Waals surface area contributed by atoms with Crippen molar-refractivity contribution in [3.63, 3.8) is 0 Å². The first-order chi connectivity index (χ1) is 2.81. The Morgan fingerprint density at radius 3 is 1.67 bits per heavy atom. The molecule has 0 spiro atoms. The average molecular weight is 105 g/mol. The molecule has 0 saturated heterocycles. The summed E-state index contributed by atoms with van der Waals surface area (Å²) in [5.74, 6) is 0. The zero-order valence-electron chi connectivity index (χ0n) is 2.67. The van der Waals surface area contributed by atoms with Gasteiger partial charge in [0.15, 0.2) is 0 Å². The van der Waals surface area contributed by atoms with Crippen LogP contribution in [0.2, 0.25) is 0 Å². The molecule has 3 nitrogen and oxygen atoms in total. The van der Waals surface area contributed by atoms with E-state index in [-0.39, 0.29) is 0 Å². The second-order valence-corrected chi connectivity index (χ2v) is 1.35. The van der Waals surface area contributed by atoms with Crippen LogP contribution in [0.5, 0.6) is 0 Å². The van der Waals surface area contributed by atoms with Crippen LogP contribution in [0.3, 0.4) is 0 Å². The summed E-state index contributed by atoms with van der Waals surface area (Å²) in [5, 5.41) is 2.05. The first-order valence-electron chi connectivity index (χ1n) is 0.999. The molecule has 34 valence electrons. The van der Waals surface area contributed by atoms with Gasteiger partial charge in [0, 0.05) is 10.5 Å². The third-order valence-corrected chi connectivity index (χ3v) is 0.474. The molecule has 4 heteroatoms. The summed E-state index contributed by atoms with van der Waals surface area (Å²) >= 11 is 0. The predicted octanol–water partition coefficient (Wildman–Crippen LogP) is -0.788. The Kier molecular flexibility index (Phi) is 2.46. The van der Waals surface area contributed by atoms with E-state index in [1.54, 1.807) is 0 Å². The van der Waals surface area contributed by atoms with Gasteiger partial charge in [0.1, 0.15) is 0 Å². The summed E-state index contributed by atoms with van der Waals surface area (Å²) in [6, 6.07) is 0. The first kappa shape index (κ1) is 5.47. The summed E-state index contributed by atoms with van der Waals surface area (Å²) in [4.78, 5) is 18.2. The standard InChI is InChI=1S/C2HO3S/c3-1-6(5)2-4/h5H/q-1. The van der Waals surface area contributed by atoms with E-state index in [0.717, 1.165) is 10.5 Å². The zero-order chi connectivity index (χ0) is 4.99. The van der Waals surface area contributed by atoms with E-state index in [4.69, 9.17) is 14.1 Å². The summed E-state index contributed by atoms with van der Waals surface area (Å²) in [6.45, 7) is 0. The molecule has 0 saturated carbocycles. The van der Waals surface area contributed by atoms with Gasteiger partial charge in [-0.25, -0.2) is 0 Å². The van der Waals surface area contributed by atoms with Crippen molar-refractivity contribution >= 4 is 20.8 Å². The summed E-state index contributed by atoms with van der Waals surface area (Å²) < 4.78 is 7.85. The molecule has 1 N–H and O–H groups in total. The molecule has 0 unspecified atom stereocenters. The highest BCUT2D eigenvalue weighted by molar-refractivity contribution is 7.87. The quantitative estimate of drug-likeness (QED) is 0.324. The third-order valence-electron chi connectivity index (χ3n) is 0.158. The predicted molar refractivity (Wildman–Crippen MR) is 21.4 cm³/mol. The molecule has 0 aliphatic heterocycles. The van der Waals surface area contributed by atoms with Crippen molar-refractivity contribution in [1.29, 1.82) is 0 Å². The maximum atomic E-state index is 9.11. The van der Waals surface area contributed by atoms with Crippen molar-refractivity contribution in [3.05, 3.63) is 0 Å². The van der Waals surface area contributed by atoms with Crippen molar-refractivity contribution in [2.75, 3.05) is 0 Å². The van der Waals surface area contributed by atoms with Crippen molar-refractivity contribution in [2.45, 2.75) is 0 Å². The minimum Gasteiger partial charge on any atom is -0.481 e. The summed E-state index contributed by atoms with van der Waals surface area (Å²) in [5.41, 5.74) is 0. The van der Waals surface area contributed by atoms with Crippen LogP contribution in [0, 0.1) is 0 Å². The zero-order valence-corrected chi connectivity index (χ0v) is 3.49. The Labute approximate surface area is 35.9 Å². The summed E-state index contributed by atoms with van der Waals surface area (Å²) in [6.07, 6.45) is 0. The highest BCUT2D eigenvalue weighted by Gasteiger charge is 1.34. The Bertz CT molecular complexity index is 138. The van der Waals surface area contributed by atoms with Crippen LogP contribution < -0.4 is 0 Å². The van der Waals surface area contributed by atoms with Gasteiger partial charge in [-0.1, -0.05) is 0 Å². The highest BCUT2D eigenvalue weighted by atomic mass is 32.2. The molecule has 0 radical (unpaired) electrons. The molecular formula is C2HO3S-. The van der Waals surface area contributed by atoms with Crippen LogP contribution in [0.4, 0.5) is 0 Å². The van der Waals surface area contributed by atoms with Crippen molar-refractivity contribution in [3.8, 4) is 0 Å². The van der Waals surface area contributed by atoms with Gasteiger partial charge >= 0.3 is 0 Å². The van der Waals surface area contributed by atoms with Crippen molar-refractivity contribution < 1.29 is 14.1 Å². The van der Waals surface area contributed by atoms with E-state index in [2.05, 4.69) is 0 Å². The number of carbonyl (C=O) groups excluding carboxylic acids is 2. The van der Waals surface area contributed by atoms with Crippen LogP contribution in [0.15, 0.2) is 0 Å². The van der Waals surface area contributed by atoms with E-state index >= 15 is 0 Å². The normalized spacial score (nSPS) is 7.00. The molecule has 0 aromatic rings. The van der Waals surface area contributed by atoms with E-state index in [9.17, 15) is 0 Å². The average Bonchev–Trinajstić information content (AvgIpc) is 1.65. The number of hydrogen-bond donors (Lipinski definition) is 1. The third kappa shape index (κ3) is 1.76. The molecule has 0 heterocycles. The number of rotatable bonds is 0. The van der Waals surface area contributed by atoms with E-state index in [1.807, 2.05) is 0 Å². The summed E-state index contributed by atoms with van der Waals surface area (Å²) in [7, 11) is -1.90. The van der Waals surface area contributed by atoms with Gasteiger partial charge in [-0.05, 0) is 0 Å². The SMILES string of the molecule is O=C=[S-](O)=C=O. The van der Waals surface area contributed by atoms with Gasteiger partial charge in [0.25, 0.3) is 0 Å². The van der Waals surface area contributed by atoms with Gasteiger partial charge < -0.3 is 4.55 Å². The second kappa shape index (κ2) is 2.69. The largest absolute Gasteiger partial charge is 0.481 e. The van der Waals surface area contributed by atoms with Gasteiger partial charge in [-0.15, -0.1) is 0 Å². The van der Waals surface area contributed by atoms with Gasteiger partial charge in [0.05, 0.1) is 0 Å². The van der Waals surface area contributed by atoms with Crippen molar-refractivity contribution in [1.82, 2.24) is 0 Å². The molecule has 6 heavy (non-hydrogen) atoms. The molecule has 0 aromatic heterocycles. The maximum absolute atomic E-state index is 9.11. The van der Waals surface area contributed by atoms with E-state index in [1.165, 1.54) is 0 Å². The lowest BCUT2D eigenvalue weighted by Gasteiger charge is -1.72. The Balaban J connectivity index is 4.81. The van der Waals surface area contributed by atoms with Crippen LogP contribution in [-0.2, 0) is 19.9 Å². The molecule has 0 bridgehead atoms. The lowest BCUT2D eigenvalue weighted by molar-refractivity contribution is 0.565. The molecule has 0 atom stereocenters. The van der Waals surface area contributed by atoms with Crippen molar-refractivity contribution in [2.24, 2.45) is 0 Å². The van der Waals surface area contributed by atoms with Crippen LogP contribution in [-0.4, -0.2) is 15.0 Å². The monoisotopic (exact) mass is 105 g/mol. The minimum atomic E-state index is -1.90. The van der Waals surface area contributed by atoms with E-state index in [0.29, 0.717) is 0 Å². The van der Waals surface area contributed by atoms with Gasteiger partial charge in [-0.2, -0.15) is 10.4 Å². The van der Waals surface area contributed by atoms with Gasteiger partial charge in [0.2, 0.25) is 0 Å². The lowest BCUT2D eigenvalue weighted by atomic mass is 11.8. The number of hydrogen-bond acceptors (Lipinski definition) is 4. The fourth-order valence-electron chi connectivity index (χ4n) is 0.0170. The fraction of sp³-hybridized carbons (Fsp3) is 0. The van der Waals surface area contributed by atoms with Crippen LogP contribution in [0.25, 0.3) is 0 Å². The fourth-order valence-corrected chi connectivity index (χ4v) is 0.0510. The first-order valence-corrected chi connectivity index (χ1v) is 2.18. The molecule has 0 aliphatic carbocycles. The van der Waals surface area contributed by atoms with E-state index < -0.39 is 10.4 Å². The molecular weight excluding hydrogens is 104 g/mol. The smallest absolute Gasteiger partial charge is 0.00808 e. The highest BCUT2D eigenvalue weighted by Crippen LogP contribution is 1.37. The molecule has 0 aromatic carbocycles. The Morgan fingerprint density at radius 2 is 1.67 bits per heavy atom. The second-order valence-electron chi connectivity index (χ2n) is 0.451. The minimum absolute atomic E-state index is 1.02. The van der Waals surface area contributed by atoms with Gasteiger partial charge in [-0.3, -0.25) is 9.59 Å². The molecule has 0 rings (SSSR count). The maximum Gasteiger partial charge on any atom is 0.00808 e. The Morgan fingerprint density at radius 1 is 1.33 bits per heavy atom. The lowest BCUT2D eigenvalue weighted by Crippen LogP contribution is -1.67. The van der Waals surface area contributed by atoms with Crippen LogP contribution in [0.1, 0.15) is 0 Å². The molecule has 0 amide bonds. The van der Waals surface area contributed by atoms with Crippen LogP contribution >= 0.6 is 0 Å². The Hall–Kier alpha value is -0.530. The topological polar surface area (TPSA) is 54.4 Å². The molecule has 0 fully saturated rings.